The van der Waals surface area contributed by atoms with E-state index >= 15 is 0 Å². The molecule has 3 nitrogen and oxygen atoms in total. The fraction of sp³-hybridized carbons (Fsp3) is 0.176. The highest BCUT2D eigenvalue weighted by molar-refractivity contribution is 5.79. The Morgan fingerprint density at radius 2 is 1.85 bits per heavy atom. The normalized spacial score (nSPS) is 12.5. The van der Waals surface area contributed by atoms with Crippen LogP contribution in [0.3, 0.4) is 0 Å². The molecule has 0 fully saturated rings. The Labute approximate surface area is 118 Å². The van der Waals surface area contributed by atoms with Crippen molar-refractivity contribution in [2.24, 2.45) is 0 Å². The lowest BCUT2D eigenvalue weighted by atomic mass is 9.98. The number of aryl methyl sites for hydroxylation is 1. The van der Waals surface area contributed by atoms with Gasteiger partial charge in [0, 0.05) is 23.5 Å². The summed E-state index contributed by atoms with van der Waals surface area (Å²) in [5.74, 6) is 0. The van der Waals surface area contributed by atoms with E-state index < -0.39 is 0 Å². The van der Waals surface area contributed by atoms with Crippen LogP contribution in [0.1, 0.15) is 22.9 Å². The zero-order valence-electron chi connectivity index (χ0n) is 11.7. The highest BCUT2D eigenvalue weighted by atomic mass is 14.9. The molecule has 0 saturated heterocycles. The molecule has 3 heteroatoms. The third kappa shape index (κ3) is 2.40. The number of hydrogen-bond acceptors (Lipinski definition) is 3. The number of benzene rings is 1. The van der Waals surface area contributed by atoms with Crippen molar-refractivity contribution in [1.82, 2.24) is 15.3 Å². The molecular weight excluding hydrogens is 246 g/mol. The summed E-state index contributed by atoms with van der Waals surface area (Å²) in [6, 6.07) is 14.7. The van der Waals surface area contributed by atoms with E-state index in [9.17, 15) is 0 Å². The van der Waals surface area contributed by atoms with Crippen LogP contribution in [-0.2, 0) is 0 Å². The highest BCUT2D eigenvalue weighted by Gasteiger charge is 2.12. The molecule has 2 aromatic heterocycles. The SMILES string of the molecule is CNC(c1ccc(C)nc1)c1ccc2ncccc2c1. The van der Waals surface area contributed by atoms with E-state index in [2.05, 4.69) is 45.6 Å². The number of fused-ring (bicyclic) bond motifs is 1. The number of rotatable bonds is 3. The first kappa shape index (κ1) is 12.8. The fourth-order valence-electron chi connectivity index (χ4n) is 2.45. The van der Waals surface area contributed by atoms with Crippen molar-refractivity contribution in [1.29, 1.82) is 0 Å². The molecule has 3 rings (SSSR count). The van der Waals surface area contributed by atoms with Crippen LogP contribution in [0.25, 0.3) is 10.9 Å². The van der Waals surface area contributed by atoms with Crippen LogP contribution in [0.4, 0.5) is 0 Å². The summed E-state index contributed by atoms with van der Waals surface area (Å²) < 4.78 is 0. The molecule has 100 valence electrons. The number of pyridine rings is 2. The van der Waals surface area contributed by atoms with Crippen molar-refractivity contribution in [3.05, 3.63) is 71.7 Å². The van der Waals surface area contributed by atoms with E-state index in [0.717, 1.165) is 16.6 Å². The Morgan fingerprint density at radius 1 is 1.00 bits per heavy atom. The third-order valence-electron chi connectivity index (χ3n) is 3.52. The Balaban J connectivity index is 2.04. The van der Waals surface area contributed by atoms with E-state index in [1.807, 2.05) is 38.5 Å². The lowest BCUT2D eigenvalue weighted by Gasteiger charge is -2.17. The predicted octanol–water partition coefficient (Wildman–Crippen LogP) is 3.25. The first-order valence-electron chi connectivity index (χ1n) is 6.72. The van der Waals surface area contributed by atoms with Gasteiger partial charge in [-0.15, -0.1) is 0 Å². The highest BCUT2D eigenvalue weighted by Crippen LogP contribution is 2.24. The standard InChI is InChI=1S/C17H17N3/c1-12-5-6-15(11-20-12)17(18-2)14-7-8-16-13(10-14)4-3-9-19-16/h3-11,17-18H,1-2H3. The average Bonchev–Trinajstić information content (AvgIpc) is 2.50. The van der Waals surface area contributed by atoms with Crippen LogP contribution in [0.5, 0.6) is 0 Å². The van der Waals surface area contributed by atoms with Gasteiger partial charge in [-0.1, -0.05) is 18.2 Å². The van der Waals surface area contributed by atoms with Crippen molar-refractivity contribution >= 4 is 10.9 Å². The van der Waals surface area contributed by atoms with E-state index in [1.54, 1.807) is 0 Å². The molecule has 1 aromatic carbocycles. The van der Waals surface area contributed by atoms with Gasteiger partial charge in [-0.05, 0) is 49.4 Å². The predicted molar refractivity (Wildman–Crippen MR) is 81.6 cm³/mol. The van der Waals surface area contributed by atoms with Gasteiger partial charge in [0.05, 0.1) is 11.6 Å². The van der Waals surface area contributed by atoms with Crippen LogP contribution >= 0.6 is 0 Å². The number of nitrogens with one attached hydrogen (secondary N) is 1. The zero-order valence-corrected chi connectivity index (χ0v) is 11.7. The van der Waals surface area contributed by atoms with Gasteiger partial charge in [0.1, 0.15) is 0 Å². The van der Waals surface area contributed by atoms with Crippen LogP contribution in [0, 0.1) is 6.92 Å². The quantitative estimate of drug-likeness (QED) is 0.788. The molecule has 1 unspecified atom stereocenters. The van der Waals surface area contributed by atoms with Crippen molar-refractivity contribution in [3.63, 3.8) is 0 Å². The van der Waals surface area contributed by atoms with E-state index in [4.69, 9.17) is 0 Å². The van der Waals surface area contributed by atoms with E-state index in [0.29, 0.717) is 0 Å². The second kappa shape index (κ2) is 5.39. The molecule has 0 aliphatic rings. The number of aromatic nitrogens is 2. The average molecular weight is 263 g/mol. The molecule has 20 heavy (non-hydrogen) atoms. The van der Waals surface area contributed by atoms with Gasteiger partial charge in [0.2, 0.25) is 0 Å². The molecule has 1 atom stereocenters. The second-order valence-corrected chi connectivity index (χ2v) is 4.91. The van der Waals surface area contributed by atoms with E-state index in [-0.39, 0.29) is 6.04 Å². The van der Waals surface area contributed by atoms with Crippen LogP contribution in [-0.4, -0.2) is 17.0 Å². The van der Waals surface area contributed by atoms with Crippen molar-refractivity contribution in [3.8, 4) is 0 Å². The van der Waals surface area contributed by atoms with Gasteiger partial charge < -0.3 is 5.32 Å². The van der Waals surface area contributed by atoms with Gasteiger partial charge in [-0.25, -0.2) is 0 Å². The summed E-state index contributed by atoms with van der Waals surface area (Å²) in [4.78, 5) is 8.74. The zero-order chi connectivity index (χ0) is 13.9. The summed E-state index contributed by atoms with van der Waals surface area (Å²) in [7, 11) is 1.97. The topological polar surface area (TPSA) is 37.8 Å². The maximum absolute atomic E-state index is 4.38. The monoisotopic (exact) mass is 263 g/mol. The minimum Gasteiger partial charge on any atom is -0.309 e. The summed E-state index contributed by atoms with van der Waals surface area (Å²) in [5.41, 5.74) is 4.44. The van der Waals surface area contributed by atoms with E-state index in [1.165, 1.54) is 11.1 Å². The molecule has 0 radical (unpaired) electrons. The fourth-order valence-corrected chi connectivity index (χ4v) is 2.45. The summed E-state index contributed by atoms with van der Waals surface area (Å²) in [6.07, 6.45) is 3.76. The lowest BCUT2D eigenvalue weighted by Crippen LogP contribution is -2.17. The Kier molecular flexibility index (Phi) is 3.44. The molecule has 0 aliphatic heterocycles. The van der Waals surface area contributed by atoms with Gasteiger partial charge >= 0.3 is 0 Å². The first-order valence-corrected chi connectivity index (χ1v) is 6.72. The molecule has 0 saturated carbocycles. The van der Waals surface area contributed by atoms with Crippen LogP contribution < -0.4 is 5.32 Å². The van der Waals surface area contributed by atoms with Gasteiger partial charge in [0.15, 0.2) is 0 Å². The minimum atomic E-state index is 0.146. The summed E-state index contributed by atoms with van der Waals surface area (Å²) in [6.45, 7) is 2.00. The Morgan fingerprint density at radius 3 is 2.60 bits per heavy atom. The molecule has 0 amide bonds. The van der Waals surface area contributed by atoms with Crippen molar-refractivity contribution in [2.45, 2.75) is 13.0 Å². The summed E-state index contributed by atoms with van der Waals surface area (Å²) >= 11 is 0. The lowest BCUT2D eigenvalue weighted by molar-refractivity contribution is 0.689. The van der Waals surface area contributed by atoms with Crippen molar-refractivity contribution < 1.29 is 0 Å². The molecule has 0 aliphatic carbocycles. The molecule has 2 heterocycles. The Bertz CT molecular complexity index is 720. The second-order valence-electron chi connectivity index (χ2n) is 4.91. The van der Waals surface area contributed by atoms with Gasteiger partial charge in [-0.3, -0.25) is 9.97 Å². The molecule has 1 N–H and O–H groups in total. The van der Waals surface area contributed by atoms with Crippen LogP contribution in [0.2, 0.25) is 0 Å². The van der Waals surface area contributed by atoms with Gasteiger partial charge in [-0.2, -0.15) is 0 Å². The smallest absolute Gasteiger partial charge is 0.0702 e. The number of hydrogen-bond donors (Lipinski definition) is 1. The molecule has 0 spiro atoms. The first-order chi connectivity index (χ1) is 9.78. The maximum Gasteiger partial charge on any atom is 0.0702 e. The molecule has 0 bridgehead atoms. The van der Waals surface area contributed by atoms with Gasteiger partial charge in [0.25, 0.3) is 0 Å². The third-order valence-corrected chi connectivity index (χ3v) is 3.52. The van der Waals surface area contributed by atoms with Crippen LogP contribution in [0.15, 0.2) is 54.9 Å². The van der Waals surface area contributed by atoms with Crippen molar-refractivity contribution in [2.75, 3.05) is 7.05 Å². The number of nitrogens with zero attached hydrogens (tertiary/aromatic N) is 2. The molecular formula is C17H17N3. The maximum atomic E-state index is 4.38. The summed E-state index contributed by atoms with van der Waals surface area (Å²) in [5, 5.41) is 4.52. The largest absolute Gasteiger partial charge is 0.309 e. The minimum absolute atomic E-state index is 0.146. The Hall–Kier alpha value is -2.26. The molecule has 3 aromatic rings.